The van der Waals surface area contributed by atoms with Gasteiger partial charge in [-0.2, -0.15) is 13.2 Å². The Morgan fingerprint density at radius 1 is 1.15 bits per heavy atom. The van der Waals surface area contributed by atoms with E-state index in [-0.39, 0.29) is 17.2 Å². The van der Waals surface area contributed by atoms with Crippen molar-refractivity contribution in [2.45, 2.75) is 56.5 Å². The van der Waals surface area contributed by atoms with Gasteiger partial charge in [0.1, 0.15) is 0 Å². The molecule has 1 aromatic rings. The van der Waals surface area contributed by atoms with Gasteiger partial charge in [0.25, 0.3) is 0 Å². The number of alkyl halides is 3. The molecule has 1 saturated heterocycles. The Morgan fingerprint density at radius 2 is 1.85 bits per heavy atom. The van der Waals surface area contributed by atoms with Crippen LogP contribution in [-0.4, -0.2) is 25.5 Å². The van der Waals surface area contributed by atoms with Crippen LogP contribution in [0.15, 0.2) is 24.3 Å². The molecule has 6 heteroatoms. The average Bonchev–Trinajstić information content (AvgIpc) is 2.67. The zero-order chi connectivity index (χ0) is 18.6. The highest BCUT2D eigenvalue weighted by molar-refractivity contribution is 5.78. The van der Waals surface area contributed by atoms with Crippen molar-refractivity contribution < 1.29 is 18.0 Å². The number of hydrogen-bond donors (Lipinski definition) is 2. The van der Waals surface area contributed by atoms with Gasteiger partial charge in [0, 0.05) is 17.9 Å². The Morgan fingerprint density at radius 3 is 2.50 bits per heavy atom. The first-order chi connectivity index (χ1) is 12.4. The normalized spacial score (nSPS) is 21.3. The lowest BCUT2D eigenvalue weighted by molar-refractivity contribution is -0.137. The zero-order valence-corrected chi connectivity index (χ0v) is 15.0. The van der Waals surface area contributed by atoms with Gasteiger partial charge in [0.05, 0.1) is 5.56 Å². The largest absolute Gasteiger partial charge is 0.416 e. The van der Waals surface area contributed by atoms with Crippen molar-refractivity contribution in [1.29, 1.82) is 0 Å². The summed E-state index contributed by atoms with van der Waals surface area (Å²) in [5, 5.41) is 6.31. The molecule has 1 amide bonds. The molecule has 0 spiro atoms. The highest BCUT2D eigenvalue weighted by atomic mass is 19.4. The van der Waals surface area contributed by atoms with E-state index >= 15 is 0 Å². The number of benzene rings is 1. The predicted octanol–water partition coefficient (Wildman–Crippen LogP) is 4.02. The first-order valence-electron chi connectivity index (χ1n) is 9.57. The highest BCUT2D eigenvalue weighted by Crippen LogP contribution is 2.41. The number of halogens is 3. The van der Waals surface area contributed by atoms with Crippen molar-refractivity contribution in [2.24, 2.45) is 5.92 Å². The first-order valence-corrected chi connectivity index (χ1v) is 9.57. The SMILES string of the molecule is O=C(NCC1(c2cccc(C(F)(F)F)c2)CCCCC1)C1CCNCC1. The molecule has 3 rings (SSSR count). The fourth-order valence-corrected chi connectivity index (χ4v) is 4.31. The maximum absolute atomic E-state index is 13.1. The quantitative estimate of drug-likeness (QED) is 0.843. The maximum atomic E-state index is 13.1. The molecule has 1 aliphatic carbocycles. The lowest BCUT2D eigenvalue weighted by Crippen LogP contribution is -2.45. The van der Waals surface area contributed by atoms with Crippen molar-refractivity contribution in [3.05, 3.63) is 35.4 Å². The van der Waals surface area contributed by atoms with Gasteiger partial charge in [-0.3, -0.25) is 4.79 Å². The number of rotatable bonds is 4. The Hall–Kier alpha value is -1.56. The molecule has 0 atom stereocenters. The molecule has 0 bridgehead atoms. The van der Waals surface area contributed by atoms with Gasteiger partial charge in [-0.1, -0.05) is 37.5 Å². The standard InChI is InChI=1S/C20H27F3N2O/c21-20(22,23)17-6-4-5-16(13-17)19(9-2-1-3-10-19)14-25-18(26)15-7-11-24-12-8-15/h4-6,13,15,24H,1-3,7-12,14H2,(H,25,26). The summed E-state index contributed by atoms with van der Waals surface area (Å²) in [5.41, 5.74) is -0.287. The number of carbonyl (C=O) groups excluding carboxylic acids is 1. The molecule has 2 aliphatic rings. The fraction of sp³-hybridized carbons (Fsp3) is 0.650. The average molecular weight is 368 g/mol. The van der Waals surface area contributed by atoms with Crippen LogP contribution in [-0.2, 0) is 16.4 Å². The lowest BCUT2D eigenvalue weighted by atomic mass is 9.69. The zero-order valence-electron chi connectivity index (χ0n) is 15.0. The smallest absolute Gasteiger partial charge is 0.355 e. The van der Waals surface area contributed by atoms with E-state index in [9.17, 15) is 18.0 Å². The Balaban J connectivity index is 1.77. The second-order valence-electron chi connectivity index (χ2n) is 7.66. The summed E-state index contributed by atoms with van der Waals surface area (Å²) in [6.07, 6.45) is 2.01. The summed E-state index contributed by atoms with van der Waals surface area (Å²) >= 11 is 0. The van der Waals surface area contributed by atoms with E-state index in [1.165, 1.54) is 12.1 Å². The number of nitrogens with one attached hydrogen (secondary N) is 2. The van der Waals surface area contributed by atoms with Crippen molar-refractivity contribution in [1.82, 2.24) is 10.6 Å². The van der Waals surface area contributed by atoms with E-state index in [4.69, 9.17) is 0 Å². The number of hydrogen-bond acceptors (Lipinski definition) is 2. The van der Waals surface area contributed by atoms with Crippen LogP contribution in [0.1, 0.15) is 56.1 Å². The van der Waals surface area contributed by atoms with E-state index in [1.54, 1.807) is 6.07 Å². The maximum Gasteiger partial charge on any atom is 0.416 e. The minimum atomic E-state index is -4.34. The van der Waals surface area contributed by atoms with Crippen molar-refractivity contribution in [2.75, 3.05) is 19.6 Å². The summed E-state index contributed by atoms with van der Waals surface area (Å²) in [4.78, 5) is 12.5. The van der Waals surface area contributed by atoms with Crippen LogP contribution in [0.25, 0.3) is 0 Å². The second-order valence-corrected chi connectivity index (χ2v) is 7.66. The van der Waals surface area contributed by atoms with Crippen LogP contribution >= 0.6 is 0 Å². The Kier molecular flexibility index (Phi) is 5.90. The van der Waals surface area contributed by atoms with Gasteiger partial charge >= 0.3 is 6.18 Å². The van der Waals surface area contributed by atoms with Crippen molar-refractivity contribution in [3.63, 3.8) is 0 Å². The van der Waals surface area contributed by atoms with E-state index in [0.717, 1.165) is 64.1 Å². The van der Waals surface area contributed by atoms with Gasteiger partial charge < -0.3 is 10.6 Å². The third-order valence-corrected chi connectivity index (χ3v) is 5.92. The summed E-state index contributed by atoms with van der Waals surface area (Å²) in [6, 6.07) is 5.68. The third kappa shape index (κ3) is 4.40. The summed E-state index contributed by atoms with van der Waals surface area (Å²) in [5.74, 6) is 0.0572. The Labute approximate surface area is 152 Å². The topological polar surface area (TPSA) is 41.1 Å². The van der Waals surface area contributed by atoms with Crippen LogP contribution in [0.4, 0.5) is 13.2 Å². The lowest BCUT2D eigenvalue weighted by Gasteiger charge is -2.39. The molecule has 0 radical (unpaired) electrons. The third-order valence-electron chi connectivity index (χ3n) is 5.92. The minimum Gasteiger partial charge on any atom is -0.355 e. The summed E-state index contributed by atoms with van der Waals surface area (Å²) < 4.78 is 39.4. The van der Waals surface area contributed by atoms with Crippen LogP contribution in [0.5, 0.6) is 0 Å². The molecular weight excluding hydrogens is 341 g/mol. The predicted molar refractivity (Wildman–Crippen MR) is 94.8 cm³/mol. The molecule has 1 heterocycles. The van der Waals surface area contributed by atoms with Gasteiger partial charge in [0.15, 0.2) is 0 Å². The van der Waals surface area contributed by atoms with Gasteiger partial charge in [-0.15, -0.1) is 0 Å². The molecule has 1 aliphatic heterocycles. The molecule has 0 aromatic heterocycles. The summed E-state index contributed by atoms with van der Waals surface area (Å²) in [6.45, 7) is 2.12. The molecule has 2 N–H and O–H groups in total. The first kappa shape index (κ1) is 19.2. The molecular formula is C20H27F3N2O. The fourth-order valence-electron chi connectivity index (χ4n) is 4.31. The van der Waals surface area contributed by atoms with Gasteiger partial charge in [-0.05, 0) is 50.4 Å². The van der Waals surface area contributed by atoms with E-state index in [2.05, 4.69) is 10.6 Å². The van der Waals surface area contributed by atoms with Gasteiger partial charge in [0.2, 0.25) is 5.91 Å². The molecule has 26 heavy (non-hydrogen) atoms. The number of amides is 1. The molecule has 2 fully saturated rings. The molecule has 0 unspecified atom stereocenters. The minimum absolute atomic E-state index is 0.0124. The van der Waals surface area contributed by atoms with E-state index in [0.29, 0.717) is 12.1 Å². The molecule has 1 saturated carbocycles. The number of carbonyl (C=O) groups is 1. The summed E-state index contributed by atoms with van der Waals surface area (Å²) in [7, 11) is 0. The van der Waals surface area contributed by atoms with E-state index in [1.807, 2.05) is 0 Å². The molecule has 3 nitrogen and oxygen atoms in total. The highest BCUT2D eigenvalue weighted by Gasteiger charge is 2.37. The van der Waals surface area contributed by atoms with Gasteiger partial charge in [-0.25, -0.2) is 0 Å². The van der Waals surface area contributed by atoms with Crippen LogP contribution < -0.4 is 10.6 Å². The van der Waals surface area contributed by atoms with Crippen LogP contribution in [0.2, 0.25) is 0 Å². The van der Waals surface area contributed by atoms with Crippen molar-refractivity contribution in [3.8, 4) is 0 Å². The second kappa shape index (κ2) is 7.99. The molecule has 144 valence electrons. The molecule has 1 aromatic carbocycles. The van der Waals surface area contributed by atoms with Crippen LogP contribution in [0.3, 0.4) is 0 Å². The van der Waals surface area contributed by atoms with E-state index < -0.39 is 11.7 Å². The van der Waals surface area contributed by atoms with Crippen molar-refractivity contribution >= 4 is 5.91 Å². The monoisotopic (exact) mass is 368 g/mol. The number of piperidine rings is 1. The Bertz CT molecular complexity index is 618. The van der Waals surface area contributed by atoms with Crippen LogP contribution in [0, 0.1) is 5.92 Å².